The first-order valence-corrected chi connectivity index (χ1v) is 4.69. The summed E-state index contributed by atoms with van der Waals surface area (Å²) in [6.45, 7) is 5.50. The lowest BCUT2D eigenvalue weighted by Crippen LogP contribution is -2.30. The maximum atomic E-state index is 12.0. The summed E-state index contributed by atoms with van der Waals surface area (Å²) in [5.74, 6) is -1.98. The number of rotatable bonds is 2. The Morgan fingerprint density at radius 3 is 2.38 bits per heavy atom. The van der Waals surface area contributed by atoms with Crippen LogP contribution in [0.4, 0.5) is 18.9 Å². The fourth-order valence-corrected chi connectivity index (χ4v) is 1.37. The largest absolute Gasteiger partial charge is 0.471 e. The molecule has 0 aliphatic carbocycles. The molecule has 4 nitrogen and oxygen atoms in total. The van der Waals surface area contributed by atoms with Crippen molar-refractivity contribution in [2.75, 3.05) is 5.32 Å². The van der Waals surface area contributed by atoms with Gasteiger partial charge in [-0.05, 0) is 20.8 Å². The van der Waals surface area contributed by atoms with Gasteiger partial charge in [0.05, 0.1) is 17.1 Å². The molecule has 0 aliphatic rings. The average molecular weight is 235 g/mol. The molecule has 1 amide bonds. The molecule has 0 fully saturated rings. The Kier molecular flexibility index (Phi) is 3.25. The van der Waals surface area contributed by atoms with Crippen molar-refractivity contribution >= 4 is 11.6 Å². The van der Waals surface area contributed by atoms with E-state index in [1.807, 2.05) is 12.2 Å². The van der Waals surface area contributed by atoms with E-state index in [2.05, 4.69) is 5.10 Å². The monoisotopic (exact) mass is 235 g/mol. The maximum absolute atomic E-state index is 12.0. The SMILES string of the molecule is CCn1nc(C)c(NC(=O)C(F)(F)F)c1C. The predicted molar refractivity (Wildman–Crippen MR) is 52.1 cm³/mol. The van der Waals surface area contributed by atoms with Crippen LogP contribution < -0.4 is 5.32 Å². The number of hydrogen-bond acceptors (Lipinski definition) is 2. The number of nitrogens with zero attached hydrogens (tertiary/aromatic N) is 2. The molecule has 1 aromatic rings. The second-order valence-electron chi connectivity index (χ2n) is 3.31. The number of amides is 1. The molecule has 0 saturated carbocycles. The molecule has 0 radical (unpaired) electrons. The molecule has 0 atom stereocenters. The molecule has 0 bridgehead atoms. The third-order valence-corrected chi connectivity index (χ3v) is 2.18. The summed E-state index contributed by atoms with van der Waals surface area (Å²) < 4.78 is 37.7. The van der Waals surface area contributed by atoms with Gasteiger partial charge in [0.25, 0.3) is 0 Å². The quantitative estimate of drug-likeness (QED) is 0.852. The molecule has 0 saturated heterocycles. The van der Waals surface area contributed by atoms with E-state index < -0.39 is 12.1 Å². The lowest BCUT2D eigenvalue weighted by atomic mass is 10.3. The zero-order valence-electron chi connectivity index (χ0n) is 9.14. The van der Waals surface area contributed by atoms with Crippen molar-refractivity contribution in [2.24, 2.45) is 0 Å². The molecule has 90 valence electrons. The van der Waals surface area contributed by atoms with Crippen molar-refractivity contribution in [3.8, 4) is 0 Å². The van der Waals surface area contributed by atoms with E-state index in [9.17, 15) is 18.0 Å². The zero-order chi connectivity index (χ0) is 12.5. The minimum atomic E-state index is -4.88. The molecule has 0 unspecified atom stereocenters. The molecule has 16 heavy (non-hydrogen) atoms. The number of carbonyl (C=O) groups is 1. The maximum Gasteiger partial charge on any atom is 0.471 e. The van der Waals surface area contributed by atoms with Crippen LogP contribution in [0.2, 0.25) is 0 Å². The fraction of sp³-hybridized carbons (Fsp3) is 0.556. The third-order valence-electron chi connectivity index (χ3n) is 2.18. The van der Waals surface area contributed by atoms with Crippen LogP contribution in [0.5, 0.6) is 0 Å². The van der Waals surface area contributed by atoms with E-state index in [0.717, 1.165) is 0 Å². The zero-order valence-corrected chi connectivity index (χ0v) is 9.14. The van der Waals surface area contributed by atoms with Crippen LogP contribution in [0.15, 0.2) is 0 Å². The van der Waals surface area contributed by atoms with Gasteiger partial charge < -0.3 is 5.32 Å². The number of anilines is 1. The Balaban J connectivity index is 2.98. The van der Waals surface area contributed by atoms with E-state index in [4.69, 9.17) is 0 Å². The van der Waals surface area contributed by atoms with Crippen molar-refractivity contribution < 1.29 is 18.0 Å². The standard InChI is InChI=1S/C9H12F3N3O/c1-4-15-6(3)7(5(2)14-15)13-8(16)9(10,11)12/h4H2,1-3H3,(H,13,16). The number of alkyl halides is 3. The Hall–Kier alpha value is -1.53. The van der Waals surface area contributed by atoms with Gasteiger partial charge in [0.1, 0.15) is 0 Å². The van der Waals surface area contributed by atoms with Crippen molar-refractivity contribution in [3.63, 3.8) is 0 Å². The highest BCUT2D eigenvalue weighted by Gasteiger charge is 2.39. The van der Waals surface area contributed by atoms with Gasteiger partial charge in [0, 0.05) is 6.54 Å². The van der Waals surface area contributed by atoms with Crippen LogP contribution in [-0.4, -0.2) is 21.9 Å². The highest BCUT2D eigenvalue weighted by atomic mass is 19.4. The molecule has 1 rings (SSSR count). The van der Waals surface area contributed by atoms with Crippen LogP contribution in [-0.2, 0) is 11.3 Å². The van der Waals surface area contributed by atoms with E-state index in [0.29, 0.717) is 17.9 Å². The first kappa shape index (κ1) is 12.5. The second-order valence-corrected chi connectivity index (χ2v) is 3.31. The number of aromatic nitrogens is 2. The highest BCUT2D eigenvalue weighted by Crippen LogP contribution is 2.23. The number of nitrogens with one attached hydrogen (secondary N) is 1. The molecule has 1 heterocycles. The van der Waals surface area contributed by atoms with Crippen molar-refractivity contribution in [1.82, 2.24) is 9.78 Å². The summed E-state index contributed by atoms with van der Waals surface area (Å²) in [6.07, 6.45) is -4.88. The molecular formula is C9H12F3N3O. The van der Waals surface area contributed by atoms with Crippen LogP contribution in [0, 0.1) is 13.8 Å². The summed E-state index contributed by atoms with van der Waals surface area (Å²) in [5.41, 5.74) is 1.01. The van der Waals surface area contributed by atoms with E-state index in [1.165, 1.54) is 4.68 Å². The van der Waals surface area contributed by atoms with Crippen molar-refractivity contribution in [2.45, 2.75) is 33.5 Å². The fourth-order valence-electron chi connectivity index (χ4n) is 1.37. The molecule has 0 aliphatic heterocycles. The highest BCUT2D eigenvalue weighted by molar-refractivity contribution is 5.95. The molecule has 1 N–H and O–H groups in total. The minimum Gasteiger partial charge on any atom is -0.315 e. The first-order valence-electron chi connectivity index (χ1n) is 4.69. The number of carbonyl (C=O) groups excluding carboxylic acids is 1. The normalized spacial score (nSPS) is 11.6. The molecule has 7 heteroatoms. The average Bonchev–Trinajstić information content (AvgIpc) is 2.43. The molecule has 0 aromatic carbocycles. The Morgan fingerprint density at radius 2 is 2.00 bits per heavy atom. The number of hydrogen-bond donors (Lipinski definition) is 1. The molecular weight excluding hydrogens is 223 g/mol. The smallest absolute Gasteiger partial charge is 0.315 e. The number of aryl methyl sites for hydroxylation is 2. The lowest BCUT2D eigenvalue weighted by Gasteiger charge is -2.08. The van der Waals surface area contributed by atoms with Crippen LogP contribution >= 0.6 is 0 Å². The Morgan fingerprint density at radius 1 is 1.44 bits per heavy atom. The van der Waals surface area contributed by atoms with E-state index in [1.54, 1.807) is 13.8 Å². The van der Waals surface area contributed by atoms with Gasteiger partial charge in [0.15, 0.2) is 0 Å². The molecule has 0 spiro atoms. The second kappa shape index (κ2) is 4.15. The first-order chi connectivity index (χ1) is 7.27. The van der Waals surface area contributed by atoms with Crippen molar-refractivity contribution in [1.29, 1.82) is 0 Å². The van der Waals surface area contributed by atoms with Gasteiger partial charge in [-0.1, -0.05) is 0 Å². The van der Waals surface area contributed by atoms with Crippen molar-refractivity contribution in [3.05, 3.63) is 11.4 Å². The van der Waals surface area contributed by atoms with Crippen LogP contribution in [0.3, 0.4) is 0 Å². The minimum absolute atomic E-state index is 0.129. The van der Waals surface area contributed by atoms with E-state index >= 15 is 0 Å². The van der Waals surface area contributed by atoms with Crippen LogP contribution in [0.1, 0.15) is 18.3 Å². The van der Waals surface area contributed by atoms with Crippen LogP contribution in [0.25, 0.3) is 0 Å². The van der Waals surface area contributed by atoms with Gasteiger partial charge in [-0.25, -0.2) is 0 Å². The number of halogens is 3. The summed E-state index contributed by atoms with van der Waals surface area (Å²) in [4.78, 5) is 10.8. The summed E-state index contributed by atoms with van der Waals surface area (Å²) >= 11 is 0. The van der Waals surface area contributed by atoms with Gasteiger partial charge in [-0.15, -0.1) is 0 Å². The van der Waals surface area contributed by atoms with Gasteiger partial charge in [0.2, 0.25) is 0 Å². The summed E-state index contributed by atoms with van der Waals surface area (Å²) in [5, 5.41) is 5.82. The Labute approximate surface area is 90.4 Å². The van der Waals surface area contributed by atoms with E-state index in [-0.39, 0.29) is 5.69 Å². The summed E-state index contributed by atoms with van der Waals surface area (Å²) in [6, 6.07) is 0. The topological polar surface area (TPSA) is 46.9 Å². The lowest BCUT2D eigenvalue weighted by molar-refractivity contribution is -0.167. The van der Waals surface area contributed by atoms with Gasteiger partial charge in [-0.2, -0.15) is 18.3 Å². The van der Waals surface area contributed by atoms with Gasteiger partial charge >= 0.3 is 12.1 Å². The third kappa shape index (κ3) is 2.34. The Bertz CT molecular complexity index is 409. The molecule has 1 aromatic heterocycles. The predicted octanol–water partition coefficient (Wildman–Crippen LogP) is 2.02. The van der Waals surface area contributed by atoms with Gasteiger partial charge in [-0.3, -0.25) is 9.48 Å². The summed E-state index contributed by atoms with van der Waals surface area (Å²) in [7, 11) is 0.